The van der Waals surface area contributed by atoms with Crippen LogP contribution in [0, 0.1) is 18.3 Å². The number of aryl methyl sites for hydroxylation is 2. The van der Waals surface area contributed by atoms with E-state index in [0.29, 0.717) is 29.8 Å². The summed E-state index contributed by atoms with van der Waals surface area (Å²) < 4.78 is 42.6. The molecule has 10 heteroatoms. The lowest BCUT2D eigenvalue weighted by atomic mass is 10.0. The zero-order valence-electron chi connectivity index (χ0n) is 19.1. The van der Waals surface area contributed by atoms with Gasteiger partial charge in [0, 0.05) is 44.6 Å². The van der Waals surface area contributed by atoms with Crippen LogP contribution in [-0.2, 0) is 7.05 Å². The summed E-state index contributed by atoms with van der Waals surface area (Å²) in [6.07, 6.45) is -3.24. The maximum Gasteiger partial charge on any atom is 0.573 e. The molecule has 0 N–H and O–H groups in total. The smallest absolute Gasteiger partial charge is 0.406 e. The van der Waals surface area contributed by atoms with E-state index in [4.69, 9.17) is 0 Å². The van der Waals surface area contributed by atoms with Crippen LogP contribution in [0.25, 0.3) is 11.0 Å². The molecule has 0 bridgehead atoms. The largest absolute Gasteiger partial charge is 0.573 e. The number of hydrogen-bond acceptors (Lipinski definition) is 6. The van der Waals surface area contributed by atoms with Crippen LogP contribution in [0.1, 0.15) is 24.1 Å². The number of anilines is 2. The first-order valence-corrected chi connectivity index (χ1v) is 10.8. The van der Waals surface area contributed by atoms with Gasteiger partial charge in [0.2, 0.25) is 0 Å². The maximum atomic E-state index is 12.9. The molecule has 0 spiro atoms. The fourth-order valence-corrected chi connectivity index (χ4v) is 4.49. The predicted molar refractivity (Wildman–Crippen MR) is 123 cm³/mol. The molecule has 1 saturated heterocycles. The lowest BCUT2D eigenvalue weighted by molar-refractivity contribution is -0.274. The number of pyridine rings is 2. The minimum atomic E-state index is -4.72. The van der Waals surface area contributed by atoms with Crippen molar-refractivity contribution < 1.29 is 17.9 Å². The number of piperidine rings is 1. The van der Waals surface area contributed by atoms with Crippen molar-refractivity contribution in [1.82, 2.24) is 9.55 Å². The van der Waals surface area contributed by atoms with E-state index in [2.05, 4.69) is 20.7 Å². The minimum Gasteiger partial charge on any atom is -0.406 e. The average molecular weight is 471 g/mol. The number of aromatic nitrogens is 2. The van der Waals surface area contributed by atoms with E-state index in [0.717, 1.165) is 24.2 Å². The molecule has 3 heterocycles. The van der Waals surface area contributed by atoms with Crippen LogP contribution in [0.4, 0.5) is 24.5 Å². The molecule has 2 aromatic heterocycles. The van der Waals surface area contributed by atoms with Gasteiger partial charge in [0.25, 0.3) is 5.56 Å². The van der Waals surface area contributed by atoms with E-state index in [-0.39, 0.29) is 22.9 Å². The first kappa shape index (κ1) is 23.4. The Morgan fingerprint density at radius 2 is 1.79 bits per heavy atom. The zero-order chi connectivity index (χ0) is 24.6. The molecule has 34 heavy (non-hydrogen) atoms. The molecule has 0 saturated carbocycles. The Labute approximate surface area is 194 Å². The van der Waals surface area contributed by atoms with Gasteiger partial charge in [-0.15, -0.1) is 13.2 Å². The fraction of sp³-hybridized carbons (Fsp3) is 0.375. The summed E-state index contributed by atoms with van der Waals surface area (Å²) in [7, 11) is 3.51. The average Bonchev–Trinajstić information content (AvgIpc) is 2.80. The quantitative estimate of drug-likeness (QED) is 0.570. The summed E-state index contributed by atoms with van der Waals surface area (Å²) in [5, 5.41) is 9.78. The van der Waals surface area contributed by atoms with Gasteiger partial charge in [-0.1, -0.05) is 0 Å². The standard InChI is InChI=1S/C24H24F3N5O2/c1-15-4-9-20-21(29-15)22(19(14-28)23(33)31(20)3)30(2)16-10-12-32(13-11-16)17-5-7-18(8-6-17)34-24(25,26)27/h4-9,16H,10-13H2,1-3H3. The fourth-order valence-electron chi connectivity index (χ4n) is 4.49. The highest BCUT2D eigenvalue weighted by Gasteiger charge is 2.31. The maximum absolute atomic E-state index is 12.9. The van der Waals surface area contributed by atoms with Crippen LogP contribution >= 0.6 is 0 Å². The van der Waals surface area contributed by atoms with Gasteiger partial charge < -0.3 is 19.1 Å². The van der Waals surface area contributed by atoms with Crippen LogP contribution in [0.3, 0.4) is 0 Å². The number of fused-ring (bicyclic) bond motifs is 1. The third-order valence-electron chi connectivity index (χ3n) is 6.27. The lowest BCUT2D eigenvalue weighted by Crippen LogP contribution is -2.44. The minimum absolute atomic E-state index is 0.0637. The topological polar surface area (TPSA) is 74.4 Å². The summed E-state index contributed by atoms with van der Waals surface area (Å²) >= 11 is 0. The van der Waals surface area contributed by atoms with Gasteiger partial charge in [-0.05, 0) is 56.2 Å². The van der Waals surface area contributed by atoms with E-state index in [1.807, 2.05) is 31.0 Å². The Bertz CT molecular complexity index is 1300. The van der Waals surface area contributed by atoms with Crippen molar-refractivity contribution in [1.29, 1.82) is 5.26 Å². The van der Waals surface area contributed by atoms with Crippen molar-refractivity contribution in [2.24, 2.45) is 7.05 Å². The van der Waals surface area contributed by atoms with Gasteiger partial charge in [0.05, 0.1) is 11.2 Å². The summed E-state index contributed by atoms with van der Waals surface area (Å²) in [6, 6.07) is 11.6. The SMILES string of the molecule is Cc1ccc2c(n1)c(N(C)C1CCN(c3ccc(OC(F)(F)F)cc3)CC1)c(C#N)c(=O)n2C. The Hall–Kier alpha value is -3.74. The molecule has 1 fully saturated rings. The Morgan fingerprint density at radius 1 is 1.15 bits per heavy atom. The third-order valence-corrected chi connectivity index (χ3v) is 6.27. The van der Waals surface area contributed by atoms with Gasteiger partial charge in [0.1, 0.15) is 22.9 Å². The van der Waals surface area contributed by atoms with Crippen molar-refractivity contribution in [2.75, 3.05) is 29.9 Å². The highest BCUT2D eigenvalue weighted by Crippen LogP contribution is 2.32. The molecule has 3 aromatic rings. The normalized spacial score (nSPS) is 14.8. The monoisotopic (exact) mass is 471 g/mol. The molecule has 1 aromatic carbocycles. The van der Waals surface area contributed by atoms with Gasteiger partial charge in [-0.2, -0.15) is 5.26 Å². The van der Waals surface area contributed by atoms with Crippen LogP contribution in [0.2, 0.25) is 0 Å². The second kappa shape index (κ2) is 8.89. The Kier molecular flexibility index (Phi) is 6.13. The summed E-state index contributed by atoms with van der Waals surface area (Å²) in [6.45, 7) is 3.21. The number of nitrogens with zero attached hydrogens (tertiary/aromatic N) is 5. The van der Waals surface area contributed by atoms with E-state index in [9.17, 15) is 23.2 Å². The molecule has 0 amide bonds. The molecule has 1 aliphatic heterocycles. The lowest BCUT2D eigenvalue weighted by Gasteiger charge is -2.39. The van der Waals surface area contributed by atoms with Crippen molar-refractivity contribution >= 4 is 22.4 Å². The highest BCUT2D eigenvalue weighted by atomic mass is 19.4. The number of halogens is 3. The second-order valence-electron chi connectivity index (χ2n) is 8.39. The van der Waals surface area contributed by atoms with Gasteiger partial charge in [-0.3, -0.25) is 4.79 Å². The summed E-state index contributed by atoms with van der Waals surface area (Å²) in [5.74, 6) is -0.254. The van der Waals surface area contributed by atoms with Crippen LogP contribution in [-0.4, -0.2) is 42.1 Å². The van der Waals surface area contributed by atoms with Crippen LogP contribution in [0.15, 0.2) is 41.2 Å². The Morgan fingerprint density at radius 3 is 2.38 bits per heavy atom. The molecular weight excluding hydrogens is 447 g/mol. The number of rotatable bonds is 4. The first-order chi connectivity index (χ1) is 16.1. The van der Waals surface area contributed by atoms with E-state index in [1.54, 1.807) is 19.2 Å². The van der Waals surface area contributed by atoms with Crippen molar-refractivity contribution in [3.63, 3.8) is 0 Å². The molecule has 4 rings (SSSR count). The number of benzene rings is 1. The molecule has 0 aliphatic carbocycles. The van der Waals surface area contributed by atoms with E-state index < -0.39 is 6.36 Å². The van der Waals surface area contributed by atoms with Crippen molar-refractivity contribution in [3.05, 3.63) is 58.0 Å². The predicted octanol–water partition coefficient (Wildman–Crippen LogP) is 4.12. The second-order valence-corrected chi connectivity index (χ2v) is 8.39. The molecule has 178 valence electrons. The number of nitriles is 1. The van der Waals surface area contributed by atoms with E-state index in [1.165, 1.54) is 16.7 Å². The number of alkyl halides is 3. The molecule has 0 unspecified atom stereocenters. The Balaban J connectivity index is 1.56. The van der Waals surface area contributed by atoms with Crippen molar-refractivity contribution in [2.45, 2.75) is 32.2 Å². The number of ether oxygens (including phenoxy) is 1. The molecule has 0 atom stereocenters. The molecule has 1 aliphatic rings. The van der Waals surface area contributed by atoms with E-state index >= 15 is 0 Å². The zero-order valence-corrected chi connectivity index (χ0v) is 19.1. The van der Waals surface area contributed by atoms with Crippen molar-refractivity contribution in [3.8, 4) is 11.8 Å². The highest BCUT2D eigenvalue weighted by molar-refractivity contribution is 5.91. The summed E-state index contributed by atoms with van der Waals surface area (Å²) in [4.78, 5) is 21.6. The van der Waals surface area contributed by atoms with Gasteiger partial charge >= 0.3 is 6.36 Å². The molecule has 7 nitrogen and oxygen atoms in total. The van der Waals surface area contributed by atoms with Crippen LogP contribution < -0.4 is 20.1 Å². The summed E-state index contributed by atoms with van der Waals surface area (Å²) in [5.41, 5.74) is 3.12. The molecular formula is C24H24F3N5O2. The number of hydrogen-bond donors (Lipinski definition) is 0. The first-order valence-electron chi connectivity index (χ1n) is 10.8. The third kappa shape index (κ3) is 4.51. The van der Waals surface area contributed by atoms with Gasteiger partial charge in [0.15, 0.2) is 0 Å². The molecule has 0 radical (unpaired) electrons. The van der Waals surface area contributed by atoms with Crippen LogP contribution in [0.5, 0.6) is 5.75 Å². The van der Waals surface area contributed by atoms with Gasteiger partial charge in [-0.25, -0.2) is 4.98 Å².